The third-order valence-electron chi connectivity index (χ3n) is 2.62. The predicted octanol–water partition coefficient (Wildman–Crippen LogP) is 2.03. The van der Waals surface area contributed by atoms with E-state index in [0.29, 0.717) is 11.1 Å². The van der Waals surface area contributed by atoms with Crippen molar-refractivity contribution < 1.29 is 19.1 Å². The van der Waals surface area contributed by atoms with Gasteiger partial charge in [0.1, 0.15) is 17.6 Å². The van der Waals surface area contributed by atoms with Crippen LogP contribution in [0.1, 0.15) is 20.7 Å². The van der Waals surface area contributed by atoms with Gasteiger partial charge in [-0.25, -0.2) is 0 Å². The monoisotopic (exact) mass is 214 g/mol. The van der Waals surface area contributed by atoms with Crippen molar-refractivity contribution in [2.75, 3.05) is 0 Å². The summed E-state index contributed by atoms with van der Waals surface area (Å²) < 4.78 is 5.11. The molecular formula is C12H6O4. The minimum Gasteiger partial charge on any atom is -0.504 e. The number of hydrogen-bond donors (Lipinski definition) is 1. The molecule has 3 rings (SSSR count). The Labute approximate surface area is 90.1 Å². The Bertz CT molecular complexity index is 622. The molecule has 1 aliphatic carbocycles. The van der Waals surface area contributed by atoms with E-state index in [2.05, 4.69) is 0 Å². The molecule has 0 atom stereocenters. The van der Waals surface area contributed by atoms with Crippen LogP contribution in [0.4, 0.5) is 0 Å². The van der Waals surface area contributed by atoms with E-state index in [9.17, 15) is 14.7 Å². The number of hydrogen-bond acceptors (Lipinski definition) is 4. The zero-order valence-corrected chi connectivity index (χ0v) is 8.06. The van der Waals surface area contributed by atoms with Crippen LogP contribution in [0.3, 0.4) is 0 Å². The van der Waals surface area contributed by atoms with E-state index in [1.807, 2.05) is 0 Å². The van der Waals surface area contributed by atoms with Crippen molar-refractivity contribution >= 4 is 11.6 Å². The third-order valence-corrected chi connectivity index (χ3v) is 2.62. The molecule has 2 aromatic rings. The second-order valence-electron chi connectivity index (χ2n) is 3.53. The summed E-state index contributed by atoms with van der Waals surface area (Å²) in [5.74, 6) is -1.36. The average Bonchev–Trinajstić information content (AvgIpc) is 2.69. The lowest BCUT2D eigenvalue weighted by Gasteiger charge is -2.12. The standard InChI is InChI=1S/C12H6O4/c13-8-5-16-12-7-4-2-1-3-6(7)10(14)11(15)9(8)12/h1-5,13H. The predicted molar refractivity (Wildman–Crippen MR) is 54.5 cm³/mol. The number of carbonyl (C=O) groups is 2. The number of aromatic hydroxyl groups is 1. The van der Waals surface area contributed by atoms with E-state index in [-0.39, 0.29) is 17.1 Å². The van der Waals surface area contributed by atoms with Crippen LogP contribution >= 0.6 is 0 Å². The molecule has 0 unspecified atom stereocenters. The van der Waals surface area contributed by atoms with Crippen molar-refractivity contribution in [2.24, 2.45) is 0 Å². The Balaban J connectivity index is 2.43. The lowest BCUT2D eigenvalue weighted by molar-refractivity contribution is 0.0813. The van der Waals surface area contributed by atoms with Crippen LogP contribution in [0, 0.1) is 0 Å². The van der Waals surface area contributed by atoms with Crippen LogP contribution in [0.15, 0.2) is 34.9 Å². The van der Waals surface area contributed by atoms with Crippen molar-refractivity contribution in [2.45, 2.75) is 0 Å². The largest absolute Gasteiger partial charge is 0.504 e. The first-order valence-electron chi connectivity index (χ1n) is 4.69. The van der Waals surface area contributed by atoms with E-state index < -0.39 is 11.6 Å². The summed E-state index contributed by atoms with van der Waals surface area (Å²) in [6, 6.07) is 6.67. The van der Waals surface area contributed by atoms with Crippen LogP contribution in [0.25, 0.3) is 11.3 Å². The smallest absolute Gasteiger partial charge is 0.241 e. The summed E-state index contributed by atoms with van der Waals surface area (Å²) in [5, 5.41) is 9.44. The number of carbonyl (C=O) groups excluding carboxylic acids is 2. The van der Waals surface area contributed by atoms with Crippen LogP contribution in [0.2, 0.25) is 0 Å². The van der Waals surface area contributed by atoms with E-state index >= 15 is 0 Å². The molecule has 0 spiro atoms. The summed E-state index contributed by atoms with van der Waals surface area (Å²) in [5.41, 5.74) is 0.820. The number of fused-ring (bicyclic) bond motifs is 3. The van der Waals surface area contributed by atoms with E-state index in [0.717, 1.165) is 6.26 Å². The number of ketones is 2. The molecule has 78 valence electrons. The molecule has 0 bridgehead atoms. The molecular weight excluding hydrogens is 208 g/mol. The molecule has 0 saturated heterocycles. The van der Waals surface area contributed by atoms with Crippen LogP contribution in [-0.4, -0.2) is 16.7 Å². The molecule has 1 aromatic carbocycles. The molecule has 0 amide bonds. The molecule has 16 heavy (non-hydrogen) atoms. The Hall–Kier alpha value is -2.36. The Morgan fingerprint density at radius 1 is 1.00 bits per heavy atom. The highest BCUT2D eigenvalue weighted by Crippen LogP contribution is 2.38. The van der Waals surface area contributed by atoms with Crippen molar-refractivity contribution in [1.29, 1.82) is 0 Å². The quantitative estimate of drug-likeness (QED) is 0.681. The van der Waals surface area contributed by atoms with Crippen LogP contribution in [-0.2, 0) is 0 Å². The van der Waals surface area contributed by atoms with Crippen molar-refractivity contribution in [3.05, 3.63) is 41.7 Å². The van der Waals surface area contributed by atoms with Gasteiger partial charge >= 0.3 is 0 Å². The Morgan fingerprint density at radius 2 is 1.69 bits per heavy atom. The van der Waals surface area contributed by atoms with Gasteiger partial charge < -0.3 is 9.52 Å². The Kier molecular flexibility index (Phi) is 1.57. The fourth-order valence-electron chi connectivity index (χ4n) is 1.88. The molecule has 1 aliphatic rings. The number of benzene rings is 1. The molecule has 0 aliphatic heterocycles. The molecule has 4 heteroatoms. The number of rotatable bonds is 0. The first-order chi connectivity index (χ1) is 7.70. The highest BCUT2D eigenvalue weighted by Gasteiger charge is 2.35. The van der Waals surface area contributed by atoms with Crippen molar-refractivity contribution in [3.63, 3.8) is 0 Å². The van der Waals surface area contributed by atoms with Gasteiger partial charge in [0.2, 0.25) is 11.6 Å². The molecule has 0 saturated carbocycles. The van der Waals surface area contributed by atoms with Gasteiger partial charge in [0, 0.05) is 11.1 Å². The SMILES string of the molecule is O=C1C(=O)c2c(O)coc2-c2ccccc21. The average molecular weight is 214 g/mol. The third kappa shape index (κ3) is 0.930. The summed E-state index contributed by atoms with van der Waals surface area (Å²) >= 11 is 0. The normalized spacial score (nSPS) is 13.5. The van der Waals surface area contributed by atoms with Gasteiger partial charge in [-0.3, -0.25) is 9.59 Å². The highest BCUT2D eigenvalue weighted by molar-refractivity contribution is 6.53. The summed E-state index contributed by atoms with van der Waals surface area (Å²) in [4.78, 5) is 23.4. The lowest BCUT2D eigenvalue weighted by Crippen LogP contribution is -2.19. The molecule has 1 N–H and O–H groups in total. The first-order valence-corrected chi connectivity index (χ1v) is 4.69. The minimum atomic E-state index is -0.722. The maximum absolute atomic E-state index is 11.7. The van der Waals surface area contributed by atoms with E-state index in [1.165, 1.54) is 0 Å². The van der Waals surface area contributed by atoms with Gasteiger partial charge in [-0.1, -0.05) is 24.3 Å². The van der Waals surface area contributed by atoms with Gasteiger partial charge in [-0.15, -0.1) is 0 Å². The van der Waals surface area contributed by atoms with E-state index in [1.54, 1.807) is 24.3 Å². The highest BCUT2D eigenvalue weighted by atomic mass is 16.4. The van der Waals surface area contributed by atoms with Crippen molar-refractivity contribution in [1.82, 2.24) is 0 Å². The summed E-state index contributed by atoms with van der Waals surface area (Å²) in [6.45, 7) is 0. The number of furan rings is 1. The molecule has 1 aromatic heterocycles. The molecule has 0 radical (unpaired) electrons. The van der Waals surface area contributed by atoms with Gasteiger partial charge in [-0.2, -0.15) is 0 Å². The Morgan fingerprint density at radius 3 is 2.44 bits per heavy atom. The molecule has 1 heterocycles. The van der Waals surface area contributed by atoms with Crippen molar-refractivity contribution in [3.8, 4) is 17.1 Å². The maximum atomic E-state index is 11.7. The minimum absolute atomic E-state index is 0.0382. The summed E-state index contributed by atoms with van der Waals surface area (Å²) in [7, 11) is 0. The fourth-order valence-corrected chi connectivity index (χ4v) is 1.88. The molecule has 0 fully saturated rings. The molecule has 4 nitrogen and oxygen atoms in total. The zero-order chi connectivity index (χ0) is 11.3. The van der Waals surface area contributed by atoms with Crippen LogP contribution in [0.5, 0.6) is 5.75 Å². The second-order valence-corrected chi connectivity index (χ2v) is 3.53. The van der Waals surface area contributed by atoms with Gasteiger partial charge in [0.15, 0.2) is 5.75 Å². The van der Waals surface area contributed by atoms with E-state index in [4.69, 9.17) is 4.42 Å². The van der Waals surface area contributed by atoms with Gasteiger partial charge in [0.25, 0.3) is 0 Å². The van der Waals surface area contributed by atoms with Crippen LogP contribution < -0.4 is 0 Å². The zero-order valence-electron chi connectivity index (χ0n) is 8.06. The van der Waals surface area contributed by atoms with Gasteiger partial charge in [-0.05, 0) is 0 Å². The fraction of sp³-hybridized carbons (Fsp3) is 0. The lowest BCUT2D eigenvalue weighted by atomic mass is 9.88. The second kappa shape index (κ2) is 2.82. The number of Topliss-reactive ketones (excluding diaryl/α,β-unsaturated/α-hetero) is 2. The summed E-state index contributed by atoms with van der Waals surface area (Å²) in [6.07, 6.45) is 1.07. The first kappa shape index (κ1) is 8.91. The maximum Gasteiger partial charge on any atom is 0.241 e. The van der Waals surface area contributed by atoms with Gasteiger partial charge in [0.05, 0.1) is 0 Å². The topological polar surface area (TPSA) is 67.5 Å².